The highest BCUT2D eigenvalue weighted by atomic mass is 19.3. The number of nitrogens with zero attached hydrogens (tertiary/aromatic N) is 5. The average Bonchev–Trinajstić information content (AvgIpc) is 3.59. The molecule has 0 saturated heterocycles. The molecule has 1 aliphatic rings. The van der Waals surface area contributed by atoms with Crippen molar-refractivity contribution in [3.63, 3.8) is 0 Å². The second-order valence-corrected chi connectivity index (χ2v) is 13.7. The van der Waals surface area contributed by atoms with Crippen molar-refractivity contribution >= 4 is 11.7 Å². The number of hydrogen-bond donors (Lipinski definition) is 2. The summed E-state index contributed by atoms with van der Waals surface area (Å²) in [6.45, 7) is -0.768. The van der Waals surface area contributed by atoms with Crippen LogP contribution in [0.15, 0.2) is 104 Å². The summed E-state index contributed by atoms with van der Waals surface area (Å²) < 4.78 is 80.2. The van der Waals surface area contributed by atoms with Crippen molar-refractivity contribution in [3.8, 4) is 11.1 Å². The molecule has 1 aliphatic carbocycles. The lowest BCUT2D eigenvalue weighted by molar-refractivity contribution is -0.259. The lowest BCUT2D eigenvalue weighted by Gasteiger charge is -2.20. The van der Waals surface area contributed by atoms with Gasteiger partial charge in [-0.25, -0.2) is 13.2 Å². The smallest absolute Gasteiger partial charge is 0.390 e. The molecule has 0 aliphatic heterocycles. The highest BCUT2D eigenvalue weighted by Gasteiger charge is 2.41. The van der Waals surface area contributed by atoms with Gasteiger partial charge in [0.1, 0.15) is 17.5 Å². The zero-order valence-corrected chi connectivity index (χ0v) is 31.1. The van der Waals surface area contributed by atoms with Crippen LogP contribution >= 0.6 is 0 Å². The molecule has 3 N–H and O–H groups in total. The molecule has 4 aromatic heterocycles. The number of amides is 1. The number of carbonyl (C=O) groups is 2. The standard InChI is InChI=1S/C37H32F5N5O3.C6H7NO/c38-25-15-22(16-26(39)19-25)14-24(34-29(8-5-13-45-34)23-10-11-32(40)31(18-23)36(43)49)17-28(48)20-47-33-9-2-1-7-30(33)35(46-47)37(41,42)50-21-27-6-3-4-12-44-27;8-5-6-3-1-2-4-7-6/h3-6,8,10-13,15-16,18-19,24H,1-2,7,9,14,17,20-21H2,(H2,43,49);1-4,8H,5H2/t24-;/m1./s1. The minimum atomic E-state index is -3.75. The number of alkyl halides is 2. The fourth-order valence-electron chi connectivity index (χ4n) is 6.90. The van der Waals surface area contributed by atoms with Gasteiger partial charge >= 0.3 is 6.11 Å². The first-order chi connectivity index (χ1) is 27.9. The van der Waals surface area contributed by atoms with Crippen LogP contribution < -0.4 is 5.73 Å². The van der Waals surface area contributed by atoms with Gasteiger partial charge in [-0.3, -0.25) is 29.2 Å². The Balaban J connectivity index is 0.000000633. The molecular weight excluding hydrogens is 760 g/mol. The number of halogens is 5. The minimum Gasteiger partial charge on any atom is -0.390 e. The molecule has 6 aromatic rings. The molecule has 0 unspecified atom stereocenters. The lowest BCUT2D eigenvalue weighted by atomic mass is 9.86. The maximum atomic E-state index is 15.5. The summed E-state index contributed by atoms with van der Waals surface area (Å²) in [5, 5.41) is 12.7. The minimum absolute atomic E-state index is 0.0286. The van der Waals surface area contributed by atoms with Crippen LogP contribution in [0.2, 0.25) is 0 Å². The van der Waals surface area contributed by atoms with E-state index >= 15 is 8.78 Å². The number of aliphatic hydroxyl groups is 1. The summed E-state index contributed by atoms with van der Waals surface area (Å²) in [5.41, 5.74) is 7.78. The summed E-state index contributed by atoms with van der Waals surface area (Å²) in [6.07, 6.45) is 2.79. The summed E-state index contributed by atoms with van der Waals surface area (Å²) in [7, 11) is 0. The van der Waals surface area contributed by atoms with Crippen LogP contribution in [-0.2, 0) is 54.7 Å². The van der Waals surface area contributed by atoms with Crippen molar-refractivity contribution in [2.45, 2.75) is 70.3 Å². The van der Waals surface area contributed by atoms with E-state index in [9.17, 15) is 22.8 Å². The van der Waals surface area contributed by atoms with Gasteiger partial charge in [-0.2, -0.15) is 13.9 Å². The van der Waals surface area contributed by atoms with E-state index in [1.165, 1.54) is 29.2 Å². The third-order valence-corrected chi connectivity index (χ3v) is 9.52. The highest BCUT2D eigenvalue weighted by Crippen LogP contribution is 2.37. The SMILES string of the molecule is NC(=O)c1cc(-c2cccnc2[C@@H](CC(=O)Cn2nc(C(F)(F)OCc3ccccn3)c3c2CCCC3)Cc2cc(F)cc(F)c2)ccc1F.OCc1ccccn1. The fourth-order valence-corrected chi connectivity index (χ4v) is 6.90. The van der Waals surface area contributed by atoms with Gasteiger partial charge in [0.15, 0.2) is 11.5 Å². The first kappa shape index (κ1) is 41.4. The van der Waals surface area contributed by atoms with Gasteiger partial charge in [0.05, 0.1) is 42.4 Å². The van der Waals surface area contributed by atoms with E-state index in [4.69, 9.17) is 15.6 Å². The topological polar surface area (TPSA) is 146 Å². The molecule has 10 nitrogen and oxygen atoms in total. The van der Waals surface area contributed by atoms with E-state index < -0.39 is 53.5 Å². The van der Waals surface area contributed by atoms with Crippen molar-refractivity contribution in [2.24, 2.45) is 5.73 Å². The van der Waals surface area contributed by atoms with Crippen LogP contribution in [0.4, 0.5) is 22.0 Å². The number of rotatable bonds is 14. The Labute approximate surface area is 330 Å². The average molecular weight is 799 g/mol. The first-order valence-corrected chi connectivity index (χ1v) is 18.4. The number of nitrogens with two attached hydrogens (primary N) is 1. The van der Waals surface area contributed by atoms with Crippen LogP contribution in [0.5, 0.6) is 0 Å². The summed E-state index contributed by atoms with van der Waals surface area (Å²) >= 11 is 0. The van der Waals surface area contributed by atoms with Crippen LogP contribution in [-0.4, -0.2) is 41.5 Å². The molecule has 300 valence electrons. The molecule has 7 rings (SSSR count). The van der Waals surface area contributed by atoms with E-state index in [0.717, 1.165) is 30.7 Å². The molecule has 0 radical (unpaired) electrons. The van der Waals surface area contributed by atoms with Crippen molar-refractivity contribution < 1.29 is 41.4 Å². The third kappa shape index (κ3) is 10.4. The van der Waals surface area contributed by atoms with Crippen molar-refractivity contribution in [1.82, 2.24) is 24.7 Å². The molecule has 0 bridgehead atoms. The van der Waals surface area contributed by atoms with Gasteiger partial charge in [0.2, 0.25) is 0 Å². The molecule has 0 fully saturated rings. The molecule has 0 saturated carbocycles. The maximum absolute atomic E-state index is 15.5. The molecule has 4 heterocycles. The zero-order chi connectivity index (χ0) is 41.2. The number of fused-ring (bicyclic) bond motifs is 1. The summed E-state index contributed by atoms with van der Waals surface area (Å²) in [5.74, 6) is -4.60. The normalized spacial score (nSPS) is 12.9. The Kier molecular flexibility index (Phi) is 13.5. The van der Waals surface area contributed by atoms with Gasteiger partial charge in [-0.1, -0.05) is 24.3 Å². The van der Waals surface area contributed by atoms with Crippen LogP contribution in [0.3, 0.4) is 0 Å². The Bertz CT molecular complexity index is 2340. The van der Waals surface area contributed by atoms with Gasteiger partial charge in [-0.15, -0.1) is 0 Å². The van der Waals surface area contributed by atoms with Gasteiger partial charge in [0.25, 0.3) is 5.91 Å². The Morgan fingerprint density at radius 2 is 1.53 bits per heavy atom. The number of ketones is 1. The number of aromatic nitrogens is 5. The number of hydrogen-bond acceptors (Lipinski definition) is 8. The lowest BCUT2D eigenvalue weighted by Crippen LogP contribution is -2.22. The second-order valence-electron chi connectivity index (χ2n) is 13.7. The first-order valence-electron chi connectivity index (χ1n) is 18.4. The second kappa shape index (κ2) is 18.8. The monoisotopic (exact) mass is 798 g/mol. The Hall–Kier alpha value is -6.19. The maximum Gasteiger partial charge on any atom is 0.402 e. The zero-order valence-electron chi connectivity index (χ0n) is 31.1. The summed E-state index contributed by atoms with van der Waals surface area (Å²) in [4.78, 5) is 38.1. The number of pyridine rings is 3. The van der Waals surface area contributed by atoms with Crippen LogP contribution in [0.25, 0.3) is 11.1 Å². The molecule has 1 atom stereocenters. The molecule has 1 amide bonds. The molecule has 2 aromatic carbocycles. The highest BCUT2D eigenvalue weighted by molar-refractivity contribution is 5.94. The molecule has 0 spiro atoms. The predicted octanol–water partition coefficient (Wildman–Crippen LogP) is 7.56. The van der Waals surface area contributed by atoms with E-state index in [2.05, 4.69) is 20.1 Å². The van der Waals surface area contributed by atoms with E-state index in [1.807, 2.05) is 12.1 Å². The van der Waals surface area contributed by atoms with Gasteiger partial charge in [-0.05, 0) is 97.8 Å². The molecular formula is C43H39F5N6O4. The van der Waals surface area contributed by atoms with Crippen molar-refractivity contribution in [2.75, 3.05) is 0 Å². The largest absolute Gasteiger partial charge is 0.402 e. The van der Waals surface area contributed by atoms with E-state index in [0.29, 0.717) is 58.7 Å². The Morgan fingerprint density at radius 1 is 0.845 bits per heavy atom. The van der Waals surface area contributed by atoms with Gasteiger partial charge in [0, 0.05) is 53.8 Å². The van der Waals surface area contributed by atoms with Crippen LogP contribution in [0, 0.1) is 17.5 Å². The fraction of sp³-hybridized carbons (Fsp3) is 0.256. The number of benzene rings is 2. The number of aliphatic hydroxyl groups excluding tert-OH is 1. The number of Topliss-reactive ketones (excluding diaryl/α,β-unsaturated/α-hetero) is 1. The molecule has 58 heavy (non-hydrogen) atoms. The number of carbonyl (C=O) groups excluding carboxylic acids is 2. The number of ether oxygens (including phenoxy) is 1. The number of primary amides is 1. The third-order valence-electron chi connectivity index (χ3n) is 9.52. The van der Waals surface area contributed by atoms with Crippen molar-refractivity contribution in [3.05, 3.63) is 166 Å². The summed E-state index contributed by atoms with van der Waals surface area (Å²) in [6, 6.07) is 20.4. The van der Waals surface area contributed by atoms with E-state index in [1.54, 1.807) is 42.6 Å². The quantitative estimate of drug-likeness (QED) is 0.107. The van der Waals surface area contributed by atoms with Crippen LogP contribution in [0.1, 0.15) is 75.1 Å². The molecule has 15 heteroatoms. The predicted molar refractivity (Wildman–Crippen MR) is 203 cm³/mol. The van der Waals surface area contributed by atoms with Crippen molar-refractivity contribution in [1.29, 1.82) is 0 Å². The van der Waals surface area contributed by atoms with E-state index in [-0.39, 0.29) is 37.1 Å². The van der Waals surface area contributed by atoms with Gasteiger partial charge < -0.3 is 15.6 Å². The Morgan fingerprint density at radius 3 is 2.19 bits per heavy atom.